The van der Waals surface area contributed by atoms with E-state index in [1.54, 1.807) is 7.11 Å². The van der Waals surface area contributed by atoms with Crippen LogP contribution in [0.5, 0.6) is 0 Å². The van der Waals surface area contributed by atoms with Crippen molar-refractivity contribution in [3.05, 3.63) is 0 Å². The molecule has 3 heteroatoms. The van der Waals surface area contributed by atoms with Gasteiger partial charge in [0.2, 0.25) is 0 Å². The van der Waals surface area contributed by atoms with Crippen molar-refractivity contribution in [2.45, 2.75) is 63.2 Å². The van der Waals surface area contributed by atoms with E-state index in [9.17, 15) is 5.11 Å². The van der Waals surface area contributed by atoms with Crippen molar-refractivity contribution in [1.82, 2.24) is 5.32 Å². The molecule has 2 N–H and O–H groups in total. The van der Waals surface area contributed by atoms with E-state index in [-0.39, 0.29) is 12.1 Å². The highest BCUT2D eigenvalue weighted by molar-refractivity contribution is 5.01. The lowest BCUT2D eigenvalue weighted by atomic mass is 9.73. The van der Waals surface area contributed by atoms with Crippen LogP contribution in [0, 0.1) is 5.92 Å². The van der Waals surface area contributed by atoms with Crippen LogP contribution in [0.1, 0.15) is 45.4 Å². The number of ether oxygens (including phenoxy) is 1. The van der Waals surface area contributed by atoms with Gasteiger partial charge < -0.3 is 15.2 Å². The quantitative estimate of drug-likeness (QED) is 0.754. The molecule has 0 amide bonds. The molecule has 2 rings (SSSR count). The number of nitrogens with one attached hydrogen (secondary N) is 1. The van der Waals surface area contributed by atoms with Gasteiger partial charge in [0.25, 0.3) is 0 Å². The van der Waals surface area contributed by atoms with Crippen LogP contribution in [0.2, 0.25) is 0 Å². The Kier molecular flexibility index (Phi) is 3.88. The van der Waals surface area contributed by atoms with Gasteiger partial charge in [-0.3, -0.25) is 0 Å². The molecule has 0 radical (unpaired) electrons. The topological polar surface area (TPSA) is 41.5 Å². The Bertz CT molecular complexity index is 234. The Hall–Kier alpha value is -0.120. The van der Waals surface area contributed by atoms with Gasteiger partial charge in [0.1, 0.15) is 5.60 Å². The monoisotopic (exact) mass is 227 g/mol. The molecule has 0 spiro atoms. The van der Waals surface area contributed by atoms with Gasteiger partial charge in [-0.1, -0.05) is 19.8 Å². The zero-order valence-corrected chi connectivity index (χ0v) is 10.5. The van der Waals surface area contributed by atoms with E-state index < -0.39 is 5.60 Å². The third-order valence-corrected chi connectivity index (χ3v) is 4.41. The van der Waals surface area contributed by atoms with Crippen molar-refractivity contribution in [1.29, 1.82) is 0 Å². The lowest BCUT2D eigenvalue weighted by Gasteiger charge is -2.47. The maximum Gasteiger partial charge on any atom is 0.106 e. The summed E-state index contributed by atoms with van der Waals surface area (Å²) >= 11 is 0. The summed E-state index contributed by atoms with van der Waals surface area (Å²) in [5, 5.41) is 14.4. The highest BCUT2D eigenvalue weighted by atomic mass is 16.5. The van der Waals surface area contributed by atoms with E-state index in [0.717, 1.165) is 38.1 Å². The molecule has 16 heavy (non-hydrogen) atoms. The molecule has 0 bridgehead atoms. The Morgan fingerprint density at radius 3 is 2.81 bits per heavy atom. The molecule has 2 aliphatic rings. The van der Waals surface area contributed by atoms with Crippen LogP contribution in [0.3, 0.4) is 0 Å². The second kappa shape index (κ2) is 5.03. The summed E-state index contributed by atoms with van der Waals surface area (Å²) in [6.45, 7) is 3.31. The Labute approximate surface area is 98.6 Å². The molecule has 0 aromatic carbocycles. The van der Waals surface area contributed by atoms with Gasteiger partial charge >= 0.3 is 0 Å². The molecule has 3 nitrogen and oxygen atoms in total. The zero-order valence-electron chi connectivity index (χ0n) is 10.5. The largest absolute Gasteiger partial charge is 0.386 e. The predicted molar refractivity (Wildman–Crippen MR) is 64.4 cm³/mol. The second-order valence-electron chi connectivity index (χ2n) is 5.60. The van der Waals surface area contributed by atoms with Crippen LogP contribution < -0.4 is 5.32 Å². The molecule has 1 heterocycles. The summed E-state index contributed by atoms with van der Waals surface area (Å²) in [6, 6.07) is 0.224. The van der Waals surface area contributed by atoms with E-state index in [4.69, 9.17) is 4.74 Å². The minimum Gasteiger partial charge on any atom is -0.386 e. The Morgan fingerprint density at radius 1 is 1.31 bits per heavy atom. The van der Waals surface area contributed by atoms with Gasteiger partial charge in [0.15, 0.2) is 0 Å². The number of rotatable bonds is 2. The van der Waals surface area contributed by atoms with E-state index in [1.165, 1.54) is 12.8 Å². The van der Waals surface area contributed by atoms with Gasteiger partial charge in [-0.25, -0.2) is 0 Å². The van der Waals surface area contributed by atoms with Crippen LogP contribution in [-0.4, -0.2) is 36.5 Å². The molecule has 4 unspecified atom stereocenters. The molecule has 2 fully saturated rings. The van der Waals surface area contributed by atoms with E-state index in [0.29, 0.717) is 0 Å². The van der Waals surface area contributed by atoms with Crippen molar-refractivity contribution in [2.24, 2.45) is 5.92 Å². The maximum atomic E-state index is 10.9. The van der Waals surface area contributed by atoms with E-state index >= 15 is 0 Å². The fraction of sp³-hybridized carbons (Fsp3) is 1.00. The van der Waals surface area contributed by atoms with Crippen molar-refractivity contribution in [2.75, 3.05) is 13.7 Å². The molecule has 0 aromatic heterocycles. The number of methoxy groups -OCH3 is 1. The first-order valence-corrected chi connectivity index (χ1v) is 6.65. The molecule has 1 aliphatic heterocycles. The van der Waals surface area contributed by atoms with Crippen LogP contribution in [0.4, 0.5) is 0 Å². The molecule has 1 saturated carbocycles. The normalized spacial score (nSPS) is 45.6. The molecule has 0 aromatic rings. The molecular formula is C13H25NO2. The highest BCUT2D eigenvalue weighted by Crippen LogP contribution is 2.36. The molecule has 1 aliphatic carbocycles. The number of piperidine rings is 1. The van der Waals surface area contributed by atoms with Crippen molar-refractivity contribution in [3.63, 3.8) is 0 Å². The summed E-state index contributed by atoms with van der Waals surface area (Å²) in [4.78, 5) is 0. The fourth-order valence-electron chi connectivity index (χ4n) is 3.36. The Balaban J connectivity index is 2.08. The van der Waals surface area contributed by atoms with Crippen LogP contribution in [0.25, 0.3) is 0 Å². The van der Waals surface area contributed by atoms with Crippen LogP contribution in [0.15, 0.2) is 0 Å². The summed E-state index contributed by atoms with van der Waals surface area (Å²) in [5.41, 5.74) is -0.637. The summed E-state index contributed by atoms with van der Waals surface area (Å²) in [5.74, 6) is 0.717. The molecule has 4 atom stereocenters. The van der Waals surface area contributed by atoms with Crippen LogP contribution in [-0.2, 0) is 4.74 Å². The molecule has 94 valence electrons. The molecular weight excluding hydrogens is 202 g/mol. The van der Waals surface area contributed by atoms with E-state index in [1.807, 2.05) is 0 Å². The minimum atomic E-state index is -0.637. The van der Waals surface area contributed by atoms with Crippen molar-refractivity contribution < 1.29 is 9.84 Å². The first kappa shape index (κ1) is 12.3. The minimum absolute atomic E-state index is 0.0176. The zero-order chi connectivity index (χ0) is 11.6. The van der Waals surface area contributed by atoms with Gasteiger partial charge in [-0.15, -0.1) is 0 Å². The number of hydrogen-bond donors (Lipinski definition) is 2. The van der Waals surface area contributed by atoms with Crippen molar-refractivity contribution >= 4 is 0 Å². The van der Waals surface area contributed by atoms with Gasteiger partial charge in [-0.05, 0) is 38.1 Å². The van der Waals surface area contributed by atoms with Crippen molar-refractivity contribution in [3.8, 4) is 0 Å². The second-order valence-corrected chi connectivity index (χ2v) is 5.60. The standard InChI is InChI=1S/C13H25NO2/c1-10-6-8-14-11(9-10)13(15)7-4-3-5-12(13)16-2/h10-12,14-15H,3-9H2,1-2H3. The average molecular weight is 227 g/mol. The number of aliphatic hydroxyl groups is 1. The highest BCUT2D eigenvalue weighted by Gasteiger charge is 2.46. The van der Waals surface area contributed by atoms with Gasteiger partial charge in [-0.2, -0.15) is 0 Å². The lowest BCUT2D eigenvalue weighted by molar-refractivity contribution is -0.141. The van der Waals surface area contributed by atoms with E-state index in [2.05, 4.69) is 12.2 Å². The fourth-order valence-corrected chi connectivity index (χ4v) is 3.36. The van der Waals surface area contributed by atoms with Gasteiger partial charge in [0, 0.05) is 13.2 Å². The third kappa shape index (κ3) is 2.27. The summed E-state index contributed by atoms with van der Waals surface area (Å²) in [6.07, 6.45) is 6.52. The summed E-state index contributed by atoms with van der Waals surface area (Å²) < 4.78 is 5.51. The average Bonchev–Trinajstić information content (AvgIpc) is 2.30. The summed E-state index contributed by atoms with van der Waals surface area (Å²) in [7, 11) is 1.73. The number of hydrogen-bond acceptors (Lipinski definition) is 3. The van der Waals surface area contributed by atoms with Gasteiger partial charge in [0.05, 0.1) is 6.10 Å². The van der Waals surface area contributed by atoms with Crippen LogP contribution >= 0.6 is 0 Å². The lowest BCUT2D eigenvalue weighted by Crippen LogP contribution is -2.61. The SMILES string of the molecule is COC1CCCCC1(O)C1CC(C)CCN1. The first-order chi connectivity index (χ1) is 7.66. The third-order valence-electron chi connectivity index (χ3n) is 4.41. The first-order valence-electron chi connectivity index (χ1n) is 6.65. The molecule has 1 saturated heterocycles. The Morgan fingerprint density at radius 2 is 2.12 bits per heavy atom. The predicted octanol–water partition coefficient (Wildman–Crippen LogP) is 1.69. The maximum absolute atomic E-state index is 10.9. The smallest absolute Gasteiger partial charge is 0.106 e.